The molecular formula is C12H8BrF3N2O. The minimum absolute atomic E-state index is 0.199. The zero-order valence-electron chi connectivity index (χ0n) is 9.41. The van der Waals surface area contributed by atoms with Crippen LogP contribution in [0.25, 0.3) is 0 Å². The van der Waals surface area contributed by atoms with E-state index in [9.17, 15) is 13.2 Å². The first-order valence-corrected chi connectivity index (χ1v) is 5.92. The van der Waals surface area contributed by atoms with Crippen molar-refractivity contribution in [3.05, 3.63) is 46.4 Å². The summed E-state index contributed by atoms with van der Waals surface area (Å²) in [5.74, 6) is -0.0778. The number of nitrogens with zero attached hydrogens (tertiary/aromatic N) is 1. The standard InChI is InChI=1S/C12H8BrF3N2O/c13-8-1-3-9(4-2-8)19-11-6-7(12(14,15)16)5-10(17)18-11/h1-6H,(H2,17,18). The predicted molar refractivity (Wildman–Crippen MR) is 67.9 cm³/mol. The van der Waals surface area contributed by atoms with Crippen LogP contribution in [0.4, 0.5) is 19.0 Å². The number of ether oxygens (including phenoxy) is 1. The number of alkyl halides is 3. The molecule has 0 aliphatic heterocycles. The molecule has 1 aromatic carbocycles. The topological polar surface area (TPSA) is 48.1 Å². The highest BCUT2D eigenvalue weighted by atomic mass is 79.9. The molecule has 0 saturated heterocycles. The van der Waals surface area contributed by atoms with Gasteiger partial charge in [0, 0.05) is 10.5 Å². The van der Waals surface area contributed by atoms with Crippen LogP contribution < -0.4 is 10.5 Å². The summed E-state index contributed by atoms with van der Waals surface area (Å²) in [7, 11) is 0. The third kappa shape index (κ3) is 3.60. The minimum atomic E-state index is -4.49. The quantitative estimate of drug-likeness (QED) is 0.894. The van der Waals surface area contributed by atoms with Crippen molar-refractivity contribution in [3.63, 3.8) is 0 Å². The number of aromatic nitrogens is 1. The van der Waals surface area contributed by atoms with E-state index in [-0.39, 0.29) is 11.7 Å². The van der Waals surface area contributed by atoms with E-state index in [4.69, 9.17) is 10.5 Å². The number of nitrogen functional groups attached to an aromatic ring is 1. The zero-order chi connectivity index (χ0) is 14.0. The molecule has 100 valence electrons. The predicted octanol–water partition coefficient (Wildman–Crippen LogP) is 4.24. The van der Waals surface area contributed by atoms with Gasteiger partial charge in [-0.3, -0.25) is 0 Å². The summed E-state index contributed by atoms with van der Waals surface area (Å²) >= 11 is 3.24. The molecule has 0 radical (unpaired) electrons. The molecule has 1 heterocycles. The van der Waals surface area contributed by atoms with Crippen LogP contribution in [0.2, 0.25) is 0 Å². The van der Waals surface area contributed by atoms with Crippen LogP contribution in [0.15, 0.2) is 40.9 Å². The number of benzene rings is 1. The van der Waals surface area contributed by atoms with Crippen molar-refractivity contribution >= 4 is 21.7 Å². The molecule has 19 heavy (non-hydrogen) atoms. The normalized spacial score (nSPS) is 11.4. The fraction of sp³-hybridized carbons (Fsp3) is 0.0833. The molecule has 0 saturated carbocycles. The molecule has 2 aromatic rings. The van der Waals surface area contributed by atoms with Gasteiger partial charge >= 0.3 is 6.18 Å². The highest BCUT2D eigenvalue weighted by Gasteiger charge is 2.31. The lowest BCUT2D eigenvalue weighted by Crippen LogP contribution is -2.07. The maximum Gasteiger partial charge on any atom is 0.416 e. The Labute approximate surface area is 115 Å². The van der Waals surface area contributed by atoms with Crippen LogP contribution in [-0.2, 0) is 6.18 Å². The Hall–Kier alpha value is -1.76. The number of pyridine rings is 1. The summed E-state index contributed by atoms with van der Waals surface area (Å²) in [6.45, 7) is 0. The van der Waals surface area contributed by atoms with Crippen LogP contribution in [-0.4, -0.2) is 4.98 Å². The Morgan fingerprint density at radius 2 is 1.74 bits per heavy atom. The number of rotatable bonds is 2. The molecule has 0 spiro atoms. The van der Waals surface area contributed by atoms with E-state index < -0.39 is 11.7 Å². The Morgan fingerprint density at radius 1 is 1.11 bits per heavy atom. The van der Waals surface area contributed by atoms with E-state index >= 15 is 0 Å². The number of nitrogens with two attached hydrogens (primary N) is 1. The lowest BCUT2D eigenvalue weighted by Gasteiger charge is -2.10. The van der Waals surface area contributed by atoms with Crippen LogP contribution in [0.3, 0.4) is 0 Å². The van der Waals surface area contributed by atoms with Crippen molar-refractivity contribution in [1.82, 2.24) is 4.98 Å². The van der Waals surface area contributed by atoms with Gasteiger partial charge in [0.25, 0.3) is 0 Å². The molecule has 0 aliphatic carbocycles. The number of hydrogen-bond acceptors (Lipinski definition) is 3. The summed E-state index contributed by atoms with van der Waals surface area (Å²) in [5.41, 5.74) is 4.44. The number of anilines is 1. The highest BCUT2D eigenvalue weighted by Crippen LogP contribution is 2.33. The van der Waals surface area contributed by atoms with Gasteiger partial charge in [0.15, 0.2) is 0 Å². The smallest absolute Gasteiger partial charge is 0.416 e. The summed E-state index contributed by atoms with van der Waals surface area (Å²) in [4.78, 5) is 3.71. The maximum absolute atomic E-state index is 12.6. The zero-order valence-corrected chi connectivity index (χ0v) is 11.0. The van der Waals surface area contributed by atoms with E-state index in [0.717, 1.165) is 16.6 Å². The molecule has 7 heteroatoms. The monoisotopic (exact) mass is 332 g/mol. The van der Waals surface area contributed by atoms with Crippen molar-refractivity contribution < 1.29 is 17.9 Å². The first-order valence-electron chi connectivity index (χ1n) is 5.13. The summed E-state index contributed by atoms with van der Waals surface area (Å²) in [6.07, 6.45) is -4.49. The Balaban J connectivity index is 2.30. The molecule has 1 aromatic heterocycles. The third-order valence-electron chi connectivity index (χ3n) is 2.19. The average Bonchev–Trinajstić information content (AvgIpc) is 2.30. The lowest BCUT2D eigenvalue weighted by molar-refractivity contribution is -0.137. The van der Waals surface area contributed by atoms with Crippen molar-refractivity contribution in [2.24, 2.45) is 0 Å². The summed E-state index contributed by atoms with van der Waals surface area (Å²) in [6, 6.07) is 8.16. The molecule has 2 rings (SSSR count). The Kier molecular flexibility index (Phi) is 3.66. The molecule has 0 atom stereocenters. The fourth-order valence-corrected chi connectivity index (χ4v) is 1.63. The molecule has 0 unspecified atom stereocenters. The van der Waals surface area contributed by atoms with E-state index in [2.05, 4.69) is 20.9 Å². The van der Waals surface area contributed by atoms with Gasteiger partial charge in [-0.25, -0.2) is 0 Å². The van der Waals surface area contributed by atoms with Gasteiger partial charge in [-0.2, -0.15) is 18.2 Å². The van der Waals surface area contributed by atoms with Crippen LogP contribution in [0, 0.1) is 0 Å². The molecule has 0 amide bonds. The van der Waals surface area contributed by atoms with Crippen molar-refractivity contribution in [3.8, 4) is 11.6 Å². The minimum Gasteiger partial charge on any atom is -0.439 e. The summed E-state index contributed by atoms with van der Waals surface area (Å²) in [5, 5.41) is 0. The second-order valence-electron chi connectivity index (χ2n) is 3.67. The van der Waals surface area contributed by atoms with E-state index in [1.54, 1.807) is 24.3 Å². The molecule has 2 N–H and O–H groups in total. The lowest BCUT2D eigenvalue weighted by atomic mass is 10.2. The van der Waals surface area contributed by atoms with Crippen LogP contribution in [0.5, 0.6) is 11.6 Å². The first kappa shape index (κ1) is 13.7. The summed E-state index contributed by atoms with van der Waals surface area (Å²) < 4.78 is 43.9. The average molecular weight is 333 g/mol. The largest absolute Gasteiger partial charge is 0.439 e. The fourth-order valence-electron chi connectivity index (χ4n) is 1.37. The number of hydrogen-bond donors (Lipinski definition) is 1. The van der Waals surface area contributed by atoms with Crippen LogP contribution in [0.1, 0.15) is 5.56 Å². The van der Waals surface area contributed by atoms with Gasteiger partial charge in [-0.05, 0) is 30.3 Å². The first-order chi connectivity index (χ1) is 8.84. The van der Waals surface area contributed by atoms with E-state index in [1.807, 2.05) is 0 Å². The molecule has 0 aliphatic rings. The Bertz CT molecular complexity index is 585. The molecular weight excluding hydrogens is 325 g/mol. The third-order valence-corrected chi connectivity index (χ3v) is 2.71. The van der Waals surface area contributed by atoms with Gasteiger partial charge in [0.2, 0.25) is 5.88 Å². The van der Waals surface area contributed by atoms with Gasteiger partial charge in [-0.1, -0.05) is 15.9 Å². The Morgan fingerprint density at radius 3 is 2.32 bits per heavy atom. The van der Waals surface area contributed by atoms with Gasteiger partial charge in [-0.15, -0.1) is 0 Å². The molecule has 3 nitrogen and oxygen atoms in total. The van der Waals surface area contributed by atoms with Crippen LogP contribution >= 0.6 is 15.9 Å². The van der Waals surface area contributed by atoms with Crippen molar-refractivity contribution in [2.45, 2.75) is 6.18 Å². The molecule has 0 fully saturated rings. The van der Waals surface area contributed by atoms with E-state index in [0.29, 0.717) is 5.75 Å². The van der Waals surface area contributed by atoms with Gasteiger partial charge < -0.3 is 10.5 Å². The van der Waals surface area contributed by atoms with Gasteiger partial charge in [0.05, 0.1) is 5.56 Å². The van der Waals surface area contributed by atoms with Crippen molar-refractivity contribution in [2.75, 3.05) is 5.73 Å². The highest BCUT2D eigenvalue weighted by molar-refractivity contribution is 9.10. The van der Waals surface area contributed by atoms with Gasteiger partial charge in [0.1, 0.15) is 11.6 Å². The SMILES string of the molecule is Nc1cc(C(F)(F)F)cc(Oc2ccc(Br)cc2)n1. The second kappa shape index (κ2) is 5.08. The molecule has 0 bridgehead atoms. The van der Waals surface area contributed by atoms with E-state index in [1.165, 1.54) is 0 Å². The van der Waals surface area contributed by atoms with Crippen molar-refractivity contribution in [1.29, 1.82) is 0 Å². The maximum atomic E-state index is 12.6. The second-order valence-corrected chi connectivity index (χ2v) is 4.59. The number of halogens is 4.